The number of phenolic OH excluding ortho intramolecular Hbond substituents is 1. The lowest BCUT2D eigenvalue weighted by atomic mass is 9.81. The largest absolute Gasteiger partial charge is 0.508 e. The monoisotopic (exact) mass is 391 g/mol. The van der Waals surface area contributed by atoms with Gasteiger partial charge in [0.1, 0.15) is 5.75 Å². The minimum absolute atomic E-state index is 0. The summed E-state index contributed by atoms with van der Waals surface area (Å²) in [6.45, 7) is 8.53. The standard InChI is InChI=1S/C18H29N3O2.2ClH/c1-3-18(4-2,14-19)17(23)21-10-8-20(9-11-21)13-15-6-5-7-16(22)12-15;;/h5-7,12,22H,3-4,8-11,13-14,19H2,1-2H3;2*1H. The highest BCUT2D eigenvalue weighted by Gasteiger charge is 2.37. The van der Waals surface area contributed by atoms with E-state index in [-0.39, 0.29) is 30.7 Å². The first-order chi connectivity index (χ1) is 11.0. The molecule has 0 radical (unpaired) electrons. The SMILES string of the molecule is CCC(CC)(CN)C(=O)N1CCN(Cc2cccc(O)c2)CC1.Cl.Cl. The van der Waals surface area contributed by atoms with Gasteiger partial charge in [-0.05, 0) is 30.5 Å². The average Bonchev–Trinajstić information content (AvgIpc) is 2.57. The molecule has 0 saturated carbocycles. The number of aromatic hydroxyl groups is 1. The number of nitrogens with zero attached hydrogens (tertiary/aromatic N) is 2. The number of hydrogen-bond donors (Lipinski definition) is 2. The Bertz CT molecular complexity index is 523. The third kappa shape index (κ3) is 5.74. The van der Waals surface area contributed by atoms with Gasteiger partial charge in [-0.3, -0.25) is 9.69 Å². The molecule has 0 spiro atoms. The lowest BCUT2D eigenvalue weighted by Gasteiger charge is -2.40. The first-order valence-electron chi connectivity index (χ1n) is 8.54. The zero-order valence-corrected chi connectivity index (χ0v) is 16.7. The summed E-state index contributed by atoms with van der Waals surface area (Å²) in [5.74, 6) is 0.511. The Morgan fingerprint density at radius 3 is 2.24 bits per heavy atom. The van der Waals surface area contributed by atoms with Gasteiger partial charge in [0.15, 0.2) is 0 Å². The van der Waals surface area contributed by atoms with Gasteiger partial charge in [-0.25, -0.2) is 0 Å². The Kier molecular flexibility index (Phi) is 10.4. The summed E-state index contributed by atoms with van der Waals surface area (Å²) in [5, 5.41) is 9.55. The van der Waals surface area contributed by atoms with E-state index in [1.165, 1.54) is 0 Å². The van der Waals surface area contributed by atoms with Crippen LogP contribution in [-0.4, -0.2) is 53.5 Å². The fourth-order valence-corrected chi connectivity index (χ4v) is 3.29. The van der Waals surface area contributed by atoms with Crippen molar-refractivity contribution in [2.75, 3.05) is 32.7 Å². The molecule has 2 rings (SSSR count). The molecule has 1 saturated heterocycles. The molecular weight excluding hydrogens is 361 g/mol. The Labute approximate surface area is 163 Å². The van der Waals surface area contributed by atoms with Gasteiger partial charge in [0.25, 0.3) is 0 Å². The van der Waals surface area contributed by atoms with Crippen LogP contribution in [0, 0.1) is 5.41 Å². The van der Waals surface area contributed by atoms with Crippen molar-refractivity contribution in [3.8, 4) is 5.75 Å². The Balaban J connectivity index is 0.00000288. The predicted octanol–water partition coefficient (Wildman–Crippen LogP) is 2.65. The molecule has 7 heteroatoms. The smallest absolute Gasteiger partial charge is 0.230 e. The summed E-state index contributed by atoms with van der Waals surface area (Å²) < 4.78 is 0. The van der Waals surface area contributed by atoms with Gasteiger partial charge < -0.3 is 15.7 Å². The normalized spacial score (nSPS) is 15.2. The van der Waals surface area contributed by atoms with Crippen LogP contribution in [0.5, 0.6) is 5.75 Å². The first kappa shape index (κ1) is 24.0. The van der Waals surface area contributed by atoms with Gasteiger partial charge in [-0.15, -0.1) is 24.8 Å². The maximum Gasteiger partial charge on any atom is 0.230 e. The number of carbonyl (C=O) groups excluding carboxylic acids is 1. The van der Waals surface area contributed by atoms with Crippen LogP contribution in [0.2, 0.25) is 0 Å². The van der Waals surface area contributed by atoms with E-state index < -0.39 is 5.41 Å². The van der Waals surface area contributed by atoms with Crippen LogP contribution < -0.4 is 5.73 Å². The number of rotatable bonds is 6. The van der Waals surface area contributed by atoms with E-state index in [1.54, 1.807) is 12.1 Å². The second-order valence-electron chi connectivity index (χ2n) is 6.43. The van der Waals surface area contributed by atoms with Crippen LogP contribution in [-0.2, 0) is 11.3 Å². The molecule has 1 aliphatic heterocycles. The van der Waals surface area contributed by atoms with Crippen molar-refractivity contribution in [1.82, 2.24) is 9.80 Å². The summed E-state index contributed by atoms with van der Waals surface area (Å²) >= 11 is 0. The van der Waals surface area contributed by atoms with Crippen LogP contribution in [0.15, 0.2) is 24.3 Å². The van der Waals surface area contributed by atoms with Crippen LogP contribution in [0.4, 0.5) is 0 Å². The van der Waals surface area contributed by atoms with Gasteiger partial charge in [0, 0.05) is 39.3 Å². The van der Waals surface area contributed by atoms with Crippen LogP contribution >= 0.6 is 24.8 Å². The first-order valence-corrected chi connectivity index (χ1v) is 8.54. The van der Waals surface area contributed by atoms with E-state index in [4.69, 9.17) is 5.73 Å². The van der Waals surface area contributed by atoms with Crippen molar-refractivity contribution in [3.05, 3.63) is 29.8 Å². The third-order valence-corrected chi connectivity index (χ3v) is 5.17. The molecule has 1 fully saturated rings. The molecule has 0 aromatic heterocycles. The van der Waals surface area contributed by atoms with Crippen molar-refractivity contribution in [2.45, 2.75) is 33.2 Å². The Morgan fingerprint density at radius 2 is 1.76 bits per heavy atom. The van der Waals surface area contributed by atoms with Gasteiger partial charge in [-0.1, -0.05) is 26.0 Å². The molecule has 5 nitrogen and oxygen atoms in total. The van der Waals surface area contributed by atoms with E-state index in [2.05, 4.69) is 4.90 Å². The molecule has 1 aromatic rings. The van der Waals surface area contributed by atoms with Gasteiger partial charge in [0.2, 0.25) is 5.91 Å². The number of amides is 1. The lowest BCUT2D eigenvalue weighted by molar-refractivity contribution is -0.144. The zero-order valence-electron chi connectivity index (χ0n) is 15.1. The molecule has 1 aliphatic rings. The fraction of sp³-hybridized carbons (Fsp3) is 0.611. The van der Waals surface area contributed by atoms with Crippen LogP contribution in [0.1, 0.15) is 32.3 Å². The van der Waals surface area contributed by atoms with Gasteiger partial charge >= 0.3 is 0 Å². The quantitative estimate of drug-likeness (QED) is 0.781. The number of carbonyl (C=O) groups is 1. The fourth-order valence-electron chi connectivity index (χ4n) is 3.29. The third-order valence-electron chi connectivity index (χ3n) is 5.17. The summed E-state index contributed by atoms with van der Waals surface area (Å²) in [6.07, 6.45) is 1.59. The van der Waals surface area contributed by atoms with Crippen molar-refractivity contribution in [3.63, 3.8) is 0 Å². The number of phenols is 1. The summed E-state index contributed by atoms with van der Waals surface area (Å²) in [7, 11) is 0. The predicted molar refractivity (Wildman–Crippen MR) is 107 cm³/mol. The molecule has 0 aliphatic carbocycles. The van der Waals surface area contributed by atoms with E-state index >= 15 is 0 Å². The van der Waals surface area contributed by atoms with E-state index in [0.29, 0.717) is 12.3 Å². The Morgan fingerprint density at radius 1 is 1.16 bits per heavy atom. The molecular formula is C18H31Cl2N3O2. The topological polar surface area (TPSA) is 69.8 Å². The minimum atomic E-state index is -0.395. The van der Waals surface area contributed by atoms with Crippen molar-refractivity contribution in [2.24, 2.45) is 11.1 Å². The minimum Gasteiger partial charge on any atom is -0.508 e. The van der Waals surface area contributed by atoms with Crippen molar-refractivity contribution in [1.29, 1.82) is 0 Å². The van der Waals surface area contributed by atoms with E-state index in [1.807, 2.05) is 30.9 Å². The molecule has 1 amide bonds. The number of hydrogen-bond acceptors (Lipinski definition) is 4. The van der Waals surface area contributed by atoms with Crippen LogP contribution in [0.3, 0.4) is 0 Å². The highest BCUT2D eigenvalue weighted by atomic mass is 35.5. The van der Waals surface area contributed by atoms with Gasteiger partial charge in [0.05, 0.1) is 5.41 Å². The maximum absolute atomic E-state index is 12.8. The average molecular weight is 392 g/mol. The molecule has 1 heterocycles. The highest BCUT2D eigenvalue weighted by molar-refractivity contribution is 5.85. The number of nitrogens with two attached hydrogens (primary N) is 1. The molecule has 3 N–H and O–H groups in total. The van der Waals surface area contributed by atoms with Crippen LogP contribution in [0.25, 0.3) is 0 Å². The number of benzene rings is 1. The molecule has 0 unspecified atom stereocenters. The molecule has 0 bridgehead atoms. The summed E-state index contributed by atoms with van der Waals surface area (Å²) in [6, 6.07) is 7.36. The van der Waals surface area contributed by atoms with Crippen molar-refractivity contribution < 1.29 is 9.90 Å². The molecule has 144 valence electrons. The lowest BCUT2D eigenvalue weighted by Crippen LogP contribution is -2.54. The second-order valence-corrected chi connectivity index (χ2v) is 6.43. The number of halogens is 2. The molecule has 1 aromatic carbocycles. The zero-order chi connectivity index (χ0) is 16.9. The summed E-state index contributed by atoms with van der Waals surface area (Å²) in [4.78, 5) is 17.1. The van der Waals surface area contributed by atoms with E-state index in [9.17, 15) is 9.90 Å². The number of piperazine rings is 1. The highest BCUT2D eigenvalue weighted by Crippen LogP contribution is 2.28. The maximum atomic E-state index is 12.8. The molecule has 25 heavy (non-hydrogen) atoms. The van der Waals surface area contributed by atoms with E-state index in [0.717, 1.165) is 51.1 Å². The molecule has 0 atom stereocenters. The van der Waals surface area contributed by atoms with Crippen molar-refractivity contribution >= 4 is 30.7 Å². The van der Waals surface area contributed by atoms with Gasteiger partial charge in [-0.2, -0.15) is 0 Å². The summed E-state index contributed by atoms with van der Waals surface area (Å²) in [5.41, 5.74) is 6.60. The second kappa shape index (κ2) is 10.9. The Hall–Kier alpha value is -1.01.